The van der Waals surface area contributed by atoms with Crippen molar-refractivity contribution in [1.29, 1.82) is 0 Å². The molecular weight excluding hydrogens is 378 g/mol. The molecule has 28 heavy (non-hydrogen) atoms. The molecular formula is C19H21N5O3S. The lowest BCUT2D eigenvalue weighted by Gasteiger charge is -2.05. The number of rotatable bonds is 9. The van der Waals surface area contributed by atoms with Crippen LogP contribution in [0.3, 0.4) is 0 Å². The molecule has 9 heteroatoms. The third-order valence-electron chi connectivity index (χ3n) is 3.95. The van der Waals surface area contributed by atoms with E-state index in [1.807, 2.05) is 47.0 Å². The zero-order valence-electron chi connectivity index (χ0n) is 15.2. The predicted molar refractivity (Wildman–Crippen MR) is 107 cm³/mol. The second-order valence-corrected chi connectivity index (χ2v) is 7.70. The first-order valence-corrected chi connectivity index (χ1v) is 10.4. The van der Waals surface area contributed by atoms with Crippen LogP contribution in [0.15, 0.2) is 60.1 Å². The van der Waals surface area contributed by atoms with E-state index in [-0.39, 0.29) is 18.9 Å². The van der Waals surface area contributed by atoms with Crippen LogP contribution in [0.25, 0.3) is 11.7 Å². The number of aromatic nitrogens is 3. The van der Waals surface area contributed by atoms with E-state index in [0.29, 0.717) is 13.0 Å². The van der Waals surface area contributed by atoms with Gasteiger partial charge in [0.1, 0.15) is 5.82 Å². The van der Waals surface area contributed by atoms with E-state index < -0.39 is 10.0 Å². The number of carbonyl (C=O) groups is 1. The van der Waals surface area contributed by atoms with Crippen LogP contribution in [0.4, 0.5) is 0 Å². The molecule has 0 fully saturated rings. The highest BCUT2D eigenvalue weighted by Crippen LogP contribution is 2.04. The van der Waals surface area contributed by atoms with Gasteiger partial charge in [-0.3, -0.25) is 9.20 Å². The Balaban J connectivity index is 1.39. The van der Waals surface area contributed by atoms with Gasteiger partial charge in [0.05, 0.1) is 0 Å². The monoisotopic (exact) mass is 399 g/mol. The fraction of sp³-hybridized carbons (Fsp3) is 0.211. The van der Waals surface area contributed by atoms with Crippen LogP contribution in [0.1, 0.15) is 17.8 Å². The number of nitrogens with one attached hydrogen (secondary N) is 2. The maximum absolute atomic E-state index is 11.9. The summed E-state index contributed by atoms with van der Waals surface area (Å²) in [6.45, 7) is 0.427. The number of amides is 1. The number of pyridine rings is 1. The highest BCUT2D eigenvalue weighted by molar-refractivity contribution is 7.92. The Morgan fingerprint density at radius 3 is 2.64 bits per heavy atom. The zero-order valence-corrected chi connectivity index (χ0v) is 16.0. The van der Waals surface area contributed by atoms with Crippen molar-refractivity contribution in [2.45, 2.75) is 12.8 Å². The number of fused-ring (bicyclic) bond motifs is 1. The Morgan fingerprint density at radius 1 is 1.04 bits per heavy atom. The average molecular weight is 399 g/mol. The summed E-state index contributed by atoms with van der Waals surface area (Å²) in [5.74, 6) is 0.520. The molecule has 0 aliphatic rings. The van der Waals surface area contributed by atoms with Gasteiger partial charge < -0.3 is 5.32 Å². The topological polar surface area (TPSA) is 105 Å². The van der Waals surface area contributed by atoms with Gasteiger partial charge in [-0.05, 0) is 23.8 Å². The van der Waals surface area contributed by atoms with Crippen LogP contribution in [-0.4, -0.2) is 42.0 Å². The van der Waals surface area contributed by atoms with Gasteiger partial charge in [0.15, 0.2) is 5.65 Å². The zero-order chi connectivity index (χ0) is 19.8. The maximum Gasteiger partial charge on any atom is 0.233 e. The third-order valence-corrected chi connectivity index (χ3v) is 5.05. The fourth-order valence-corrected chi connectivity index (χ4v) is 3.37. The Kier molecular flexibility index (Phi) is 6.51. The van der Waals surface area contributed by atoms with Crippen molar-refractivity contribution in [2.24, 2.45) is 0 Å². The first-order chi connectivity index (χ1) is 13.5. The average Bonchev–Trinajstić information content (AvgIpc) is 3.10. The first-order valence-electron chi connectivity index (χ1n) is 8.82. The minimum Gasteiger partial charge on any atom is -0.356 e. The molecule has 0 atom stereocenters. The van der Waals surface area contributed by atoms with Crippen LogP contribution in [0, 0.1) is 0 Å². The summed E-state index contributed by atoms with van der Waals surface area (Å²) in [5.41, 5.74) is 1.54. The Hall–Kier alpha value is -3.04. The van der Waals surface area contributed by atoms with Gasteiger partial charge in [0, 0.05) is 37.5 Å². The van der Waals surface area contributed by atoms with Crippen molar-refractivity contribution in [1.82, 2.24) is 24.6 Å². The minimum atomic E-state index is -3.59. The lowest BCUT2D eigenvalue weighted by atomic mass is 10.2. The molecule has 0 aliphatic carbocycles. The Morgan fingerprint density at radius 2 is 1.82 bits per heavy atom. The van der Waals surface area contributed by atoms with Gasteiger partial charge in [0.2, 0.25) is 15.9 Å². The van der Waals surface area contributed by atoms with Gasteiger partial charge in [-0.1, -0.05) is 36.4 Å². The van der Waals surface area contributed by atoms with Gasteiger partial charge >= 0.3 is 0 Å². The summed E-state index contributed by atoms with van der Waals surface area (Å²) < 4.78 is 28.1. The van der Waals surface area contributed by atoms with Crippen molar-refractivity contribution in [3.63, 3.8) is 0 Å². The summed E-state index contributed by atoms with van der Waals surface area (Å²) in [5, 5.41) is 12.0. The van der Waals surface area contributed by atoms with E-state index in [4.69, 9.17) is 0 Å². The first kappa shape index (κ1) is 19.7. The SMILES string of the molecule is O=C(CCNS(=O)(=O)/C=C/c1ccccc1)NCCc1nnc2ccccn12. The van der Waals surface area contributed by atoms with Crippen molar-refractivity contribution < 1.29 is 13.2 Å². The van der Waals surface area contributed by atoms with Crippen molar-refractivity contribution in [2.75, 3.05) is 13.1 Å². The van der Waals surface area contributed by atoms with Crippen molar-refractivity contribution in [3.05, 3.63) is 71.5 Å². The highest BCUT2D eigenvalue weighted by Gasteiger charge is 2.08. The van der Waals surface area contributed by atoms with Gasteiger partial charge in [0.25, 0.3) is 0 Å². The predicted octanol–water partition coefficient (Wildman–Crippen LogP) is 1.37. The molecule has 0 spiro atoms. The molecule has 1 amide bonds. The standard InChI is InChI=1S/C19H21N5O3S/c25-19(20-12-9-18-23-22-17-8-4-5-14-24(17)18)10-13-21-28(26,27)15-11-16-6-2-1-3-7-16/h1-8,11,14-15,21H,9-10,12-13H2,(H,20,25)/b15-11+. The molecule has 0 saturated carbocycles. The molecule has 0 saturated heterocycles. The van der Waals surface area contributed by atoms with E-state index in [1.165, 1.54) is 6.08 Å². The number of hydrogen-bond acceptors (Lipinski definition) is 5. The lowest BCUT2D eigenvalue weighted by Crippen LogP contribution is -2.31. The van der Waals surface area contributed by atoms with Crippen molar-refractivity contribution in [3.8, 4) is 0 Å². The van der Waals surface area contributed by atoms with E-state index in [1.54, 1.807) is 12.1 Å². The lowest BCUT2D eigenvalue weighted by molar-refractivity contribution is -0.120. The molecule has 0 aliphatic heterocycles. The minimum absolute atomic E-state index is 0.0289. The molecule has 1 aromatic carbocycles. The molecule has 0 radical (unpaired) electrons. The van der Waals surface area contributed by atoms with Gasteiger partial charge in [-0.2, -0.15) is 0 Å². The quantitative estimate of drug-likeness (QED) is 0.565. The number of hydrogen-bond donors (Lipinski definition) is 2. The smallest absolute Gasteiger partial charge is 0.233 e. The summed E-state index contributed by atoms with van der Waals surface area (Å²) in [6.07, 6.45) is 3.96. The maximum atomic E-state index is 11.9. The fourth-order valence-electron chi connectivity index (χ4n) is 2.55. The van der Waals surface area contributed by atoms with Crippen LogP contribution in [0.5, 0.6) is 0 Å². The van der Waals surface area contributed by atoms with Gasteiger partial charge in [-0.25, -0.2) is 13.1 Å². The summed E-state index contributed by atoms with van der Waals surface area (Å²) in [4.78, 5) is 11.9. The molecule has 3 aromatic rings. The molecule has 0 unspecified atom stereocenters. The second kappa shape index (κ2) is 9.25. The summed E-state index contributed by atoms with van der Waals surface area (Å²) in [6, 6.07) is 14.7. The van der Waals surface area contributed by atoms with Gasteiger partial charge in [-0.15, -0.1) is 10.2 Å². The van der Waals surface area contributed by atoms with E-state index in [2.05, 4.69) is 20.2 Å². The third kappa shape index (κ3) is 5.73. The van der Waals surface area contributed by atoms with E-state index in [0.717, 1.165) is 22.4 Å². The van der Waals surface area contributed by atoms with Crippen LogP contribution in [-0.2, 0) is 21.2 Å². The highest BCUT2D eigenvalue weighted by atomic mass is 32.2. The van der Waals surface area contributed by atoms with E-state index in [9.17, 15) is 13.2 Å². The molecule has 3 rings (SSSR count). The van der Waals surface area contributed by atoms with E-state index >= 15 is 0 Å². The number of benzene rings is 1. The number of carbonyl (C=O) groups excluding carboxylic acids is 1. The molecule has 2 aromatic heterocycles. The summed E-state index contributed by atoms with van der Waals surface area (Å²) in [7, 11) is -3.59. The van der Waals surface area contributed by atoms with Crippen LogP contribution < -0.4 is 10.0 Å². The van der Waals surface area contributed by atoms with Crippen molar-refractivity contribution >= 4 is 27.7 Å². The Bertz CT molecular complexity index is 1060. The largest absolute Gasteiger partial charge is 0.356 e. The molecule has 8 nitrogen and oxygen atoms in total. The molecule has 2 N–H and O–H groups in total. The molecule has 2 heterocycles. The molecule has 0 bridgehead atoms. The van der Waals surface area contributed by atoms with Crippen LogP contribution >= 0.6 is 0 Å². The summed E-state index contributed by atoms with van der Waals surface area (Å²) >= 11 is 0. The number of nitrogens with zero attached hydrogens (tertiary/aromatic N) is 3. The molecule has 146 valence electrons. The normalized spacial score (nSPS) is 11.9. The van der Waals surface area contributed by atoms with Crippen LogP contribution in [0.2, 0.25) is 0 Å². The Labute approximate surface area is 163 Å². The second-order valence-electron chi connectivity index (χ2n) is 6.05. The number of sulfonamides is 1.